The molecule has 1 fully saturated rings. The van der Waals surface area contributed by atoms with Crippen molar-refractivity contribution in [3.63, 3.8) is 0 Å². The Hall–Kier alpha value is -1.12. The molecule has 2 rings (SSSR count). The molecule has 3 nitrogen and oxygen atoms in total. The number of ketones is 1. The fourth-order valence-corrected chi connectivity index (χ4v) is 1.73. The SMILES string of the molecule is O=C1CCN2C(=O)CCC=C2C1. The number of carbonyl (C=O) groups excluding carboxylic acids is 2. The van der Waals surface area contributed by atoms with Crippen LogP contribution in [0.4, 0.5) is 0 Å². The monoisotopic (exact) mass is 165 g/mol. The molecule has 2 heterocycles. The van der Waals surface area contributed by atoms with Crippen molar-refractivity contribution in [2.45, 2.75) is 25.7 Å². The third-order valence-electron chi connectivity index (χ3n) is 2.38. The summed E-state index contributed by atoms with van der Waals surface area (Å²) in [6, 6.07) is 0. The average molecular weight is 165 g/mol. The van der Waals surface area contributed by atoms with Crippen LogP contribution in [0.1, 0.15) is 25.7 Å². The average Bonchev–Trinajstić information content (AvgIpc) is 2.04. The summed E-state index contributed by atoms with van der Waals surface area (Å²) in [5.74, 6) is 0.437. The Morgan fingerprint density at radius 2 is 2.08 bits per heavy atom. The molecule has 0 bridgehead atoms. The topological polar surface area (TPSA) is 37.4 Å². The van der Waals surface area contributed by atoms with Gasteiger partial charge in [-0.15, -0.1) is 0 Å². The smallest absolute Gasteiger partial charge is 0.227 e. The van der Waals surface area contributed by atoms with Gasteiger partial charge in [0.1, 0.15) is 5.78 Å². The standard InChI is InChI=1S/C9H11NO2/c11-8-4-5-10-7(6-8)2-1-3-9(10)12/h2H,1,3-6H2. The van der Waals surface area contributed by atoms with Crippen LogP contribution < -0.4 is 0 Å². The fraction of sp³-hybridized carbons (Fsp3) is 0.556. The molecule has 0 N–H and O–H groups in total. The molecule has 0 aliphatic carbocycles. The highest BCUT2D eigenvalue weighted by atomic mass is 16.2. The van der Waals surface area contributed by atoms with Crippen LogP contribution in [0.2, 0.25) is 0 Å². The predicted molar refractivity (Wildman–Crippen MR) is 43.3 cm³/mol. The maximum atomic E-state index is 11.3. The van der Waals surface area contributed by atoms with Crippen LogP contribution in [0.5, 0.6) is 0 Å². The van der Waals surface area contributed by atoms with Gasteiger partial charge in [-0.1, -0.05) is 6.08 Å². The van der Waals surface area contributed by atoms with Crippen LogP contribution >= 0.6 is 0 Å². The van der Waals surface area contributed by atoms with Gasteiger partial charge in [0, 0.05) is 31.5 Å². The summed E-state index contributed by atoms with van der Waals surface area (Å²) < 4.78 is 0. The van der Waals surface area contributed by atoms with Gasteiger partial charge in [-0.2, -0.15) is 0 Å². The Bertz CT molecular complexity index is 268. The molecule has 0 aromatic carbocycles. The molecular weight excluding hydrogens is 154 g/mol. The lowest BCUT2D eigenvalue weighted by atomic mass is 10.0. The summed E-state index contributed by atoms with van der Waals surface area (Å²) in [6.45, 7) is 0.601. The molecular formula is C9H11NO2. The van der Waals surface area contributed by atoms with Crippen molar-refractivity contribution in [2.24, 2.45) is 0 Å². The molecule has 1 saturated heterocycles. The van der Waals surface area contributed by atoms with Crippen molar-refractivity contribution < 1.29 is 9.59 Å². The first-order chi connectivity index (χ1) is 5.77. The molecule has 0 atom stereocenters. The highest BCUT2D eigenvalue weighted by Gasteiger charge is 2.27. The number of fused-ring (bicyclic) bond motifs is 1. The Balaban J connectivity index is 2.22. The molecule has 1 amide bonds. The lowest BCUT2D eigenvalue weighted by Crippen LogP contribution is -2.38. The molecule has 0 unspecified atom stereocenters. The van der Waals surface area contributed by atoms with Gasteiger partial charge in [0.2, 0.25) is 5.91 Å². The summed E-state index contributed by atoms with van der Waals surface area (Å²) in [5.41, 5.74) is 0.933. The molecule has 64 valence electrons. The van der Waals surface area contributed by atoms with Crippen molar-refractivity contribution in [2.75, 3.05) is 6.54 Å². The number of nitrogens with zero attached hydrogens (tertiary/aromatic N) is 1. The number of hydrogen-bond donors (Lipinski definition) is 0. The Morgan fingerprint density at radius 3 is 2.92 bits per heavy atom. The first-order valence-corrected chi connectivity index (χ1v) is 4.28. The molecule has 3 heteroatoms. The van der Waals surface area contributed by atoms with Gasteiger partial charge in [-0.3, -0.25) is 9.59 Å². The van der Waals surface area contributed by atoms with E-state index in [2.05, 4.69) is 0 Å². The van der Waals surface area contributed by atoms with Crippen LogP contribution in [0.15, 0.2) is 11.8 Å². The maximum absolute atomic E-state index is 11.3. The number of rotatable bonds is 0. The second-order valence-electron chi connectivity index (χ2n) is 3.24. The second kappa shape index (κ2) is 2.73. The molecule has 2 aliphatic rings. The van der Waals surface area contributed by atoms with E-state index in [9.17, 15) is 9.59 Å². The third-order valence-corrected chi connectivity index (χ3v) is 2.38. The van der Waals surface area contributed by atoms with E-state index in [1.165, 1.54) is 0 Å². The number of carbonyl (C=O) groups is 2. The van der Waals surface area contributed by atoms with Crippen molar-refractivity contribution >= 4 is 11.7 Å². The molecule has 0 saturated carbocycles. The van der Waals surface area contributed by atoms with E-state index in [1.807, 2.05) is 6.08 Å². The molecule has 12 heavy (non-hydrogen) atoms. The highest BCUT2D eigenvalue weighted by Crippen LogP contribution is 2.23. The summed E-state index contributed by atoms with van der Waals surface area (Å²) in [6.07, 6.45) is 4.42. The Morgan fingerprint density at radius 1 is 1.25 bits per heavy atom. The minimum absolute atomic E-state index is 0.181. The minimum Gasteiger partial charge on any atom is -0.316 e. The van der Waals surface area contributed by atoms with E-state index in [4.69, 9.17) is 0 Å². The van der Waals surface area contributed by atoms with Crippen molar-refractivity contribution in [1.29, 1.82) is 0 Å². The first-order valence-electron chi connectivity index (χ1n) is 4.28. The van der Waals surface area contributed by atoms with E-state index in [0.717, 1.165) is 12.1 Å². The summed E-state index contributed by atoms with van der Waals surface area (Å²) in [5, 5.41) is 0. The summed E-state index contributed by atoms with van der Waals surface area (Å²) in [4.78, 5) is 24.1. The second-order valence-corrected chi connectivity index (χ2v) is 3.24. The van der Waals surface area contributed by atoms with E-state index in [1.54, 1.807) is 4.90 Å². The molecule has 0 aromatic heterocycles. The fourth-order valence-electron chi connectivity index (χ4n) is 1.73. The lowest BCUT2D eigenvalue weighted by Gasteiger charge is -2.31. The van der Waals surface area contributed by atoms with Crippen LogP contribution in [0, 0.1) is 0 Å². The van der Waals surface area contributed by atoms with Crippen LogP contribution in [-0.2, 0) is 9.59 Å². The zero-order chi connectivity index (χ0) is 8.55. The highest BCUT2D eigenvalue weighted by molar-refractivity contribution is 5.87. The van der Waals surface area contributed by atoms with Gasteiger partial charge >= 0.3 is 0 Å². The van der Waals surface area contributed by atoms with Gasteiger partial charge in [-0.25, -0.2) is 0 Å². The van der Waals surface area contributed by atoms with Gasteiger partial charge in [0.25, 0.3) is 0 Å². The lowest BCUT2D eigenvalue weighted by molar-refractivity contribution is -0.132. The number of hydrogen-bond acceptors (Lipinski definition) is 2. The van der Waals surface area contributed by atoms with Gasteiger partial charge in [0.15, 0.2) is 0 Å². The van der Waals surface area contributed by atoms with E-state index in [-0.39, 0.29) is 11.7 Å². The zero-order valence-corrected chi connectivity index (χ0v) is 6.88. The normalized spacial score (nSPS) is 23.7. The zero-order valence-electron chi connectivity index (χ0n) is 6.88. The van der Waals surface area contributed by atoms with Crippen molar-refractivity contribution in [3.8, 4) is 0 Å². The van der Waals surface area contributed by atoms with Gasteiger partial charge in [0.05, 0.1) is 0 Å². The predicted octanol–water partition coefficient (Wildman–Crippen LogP) is 0.856. The number of piperidine rings is 1. The molecule has 0 aromatic rings. The third kappa shape index (κ3) is 1.15. The minimum atomic E-state index is 0.181. The number of amides is 1. The van der Waals surface area contributed by atoms with Crippen LogP contribution in [0.3, 0.4) is 0 Å². The molecule has 2 aliphatic heterocycles. The number of Topliss-reactive ketones (excluding diaryl/α,β-unsaturated/α-hetero) is 1. The molecule has 0 radical (unpaired) electrons. The van der Waals surface area contributed by atoms with Crippen molar-refractivity contribution in [3.05, 3.63) is 11.8 Å². The summed E-state index contributed by atoms with van der Waals surface area (Å²) >= 11 is 0. The quantitative estimate of drug-likeness (QED) is 0.533. The Labute approximate surface area is 71.0 Å². The molecule has 0 spiro atoms. The largest absolute Gasteiger partial charge is 0.316 e. The van der Waals surface area contributed by atoms with E-state index < -0.39 is 0 Å². The first kappa shape index (κ1) is 7.53. The van der Waals surface area contributed by atoms with Gasteiger partial charge in [-0.05, 0) is 6.42 Å². The summed E-state index contributed by atoms with van der Waals surface area (Å²) in [7, 11) is 0. The van der Waals surface area contributed by atoms with Crippen LogP contribution in [0.25, 0.3) is 0 Å². The van der Waals surface area contributed by atoms with Gasteiger partial charge < -0.3 is 4.90 Å². The van der Waals surface area contributed by atoms with Crippen molar-refractivity contribution in [1.82, 2.24) is 4.90 Å². The Kier molecular flexibility index (Phi) is 1.71. The van der Waals surface area contributed by atoms with E-state index in [0.29, 0.717) is 25.8 Å². The van der Waals surface area contributed by atoms with E-state index >= 15 is 0 Å². The maximum Gasteiger partial charge on any atom is 0.227 e. The number of allylic oxidation sites excluding steroid dienone is 2. The van der Waals surface area contributed by atoms with Crippen LogP contribution in [-0.4, -0.2) is 23.1 Å².